The highest BCUT2D eigenvalue weighted by molar-refractivity contribution is 6.13. The van der Waals surface area contributed by atoms with Crippen LogP contribution in [0.2, 0.25) is 0 Å². The first-order chi connectivity index (χ1) is 15.3. The SMILES string of the molecule is CCOc1ccc(-c2cc(C(=O)Nc3cccc(C(F)(F)F)c3)c3ccccc3n2)cc1. The first-order valence-electron chi connectivity index (χ1n) is 9.97. The average molecular weight is 436 g/mol. The molecule has 0 aliphatic heterocycles. The molecule has 0 saturated heterocycles. The third-order valence-corrected chi connectivity index (χ3v) is 4.87. The van der Waals surface area contributed by atoms with Crippen molar-refractivity contribution in [1.29, 1.82) is 0 Å². The Bertz CT molecular complexity index is 1270. The standard InChI is InChI=1S/C25H19F3N2O2/c1-2-32-19-12-10-16(11-13-19)23-15-21(20-8-3-4-9-22(20)30-23)24(31)29-18-7-5-6-17(14-18)25(26,27)28/h3-15H,2H2,1H3,(H,29,31). The molecule has 0 atom stereocenters. The highest BCUT2D eigenvalue weighted by Crippen LogP contribution is 2.31. The molecular formula is C25H19F3N2O2. The van der Waals surface area contributed by atoms with Gasteiger partial charge in [0.1, 0.15) is 5.75 Å². The van der Waals surface area contributed by atoms with E-state index in [2.05, 4.69) is 10.3 Å². The third-order valence-electron chi connectivity index (χ3n) is 4.87. The molecule has 0 bridgehead atoms. The normalized spacial score (nSPS) is 11.4. The van der Waals surface area contributed by atoms with E-state index < -0.39 is 17.6 Å². The lowest BCUT2D eigenvalue weighted by molar-refractivity contribution is -0.137. The molecule has 162 valence electrons. The first-order valence-corrected chi connectivity index (χ1v) is 9.97. The minimum absolute atomic E-state index is 0.0633. The number of carbonyl (C=O) groups excluding carboxylic acids is 1. The van der Waals surface area contributed by atoms with Crippen LogP contribution in [0.4, 0.5) is 18.9 Å². The molecule has 0 radical (unpaired) electrons. The van der Waals surface area contributed by atoms with Crippen LogP contribution in [0.3, 0.4) is 0 Å². The number of ether oxygens (including phenoxy) is 1. The zero-order chi connectivity index (χ0) is 22.7. The Morgan fingerprint density at radius 2 is 1.72 bits per heavy atom. The minimum atomic E-state index is -4.50. The number of amides is 1. The maximum absolute atomic E-state index is 13.1. The van der Waals surface area contributed by atoms with Gasteiger partial charge in [0.15, 0.2) is 0 Å². The van der Waals surface area contributed by atoms with Crippen LogP contribution in [-0.4, -0.2) is 17.5 Å². The number of hydrogen-bond acceptors (Lipinski definition) is 3. The number of benzene rings is 3. The summed E-state index contributed by atoms with van der Waals surface area (Å²) in [6.07, 6.45) is -4.50. The van der Waals surface area contributed by atoms with Crippen molar-refractivity contribution in [1.82, 2.24) is 4.98 Å². The van der Waals surface area contributed by atoms with Crippen LogP contribution in [-0.2, 0) is 6.18 Å². The van der Waals surface area contributed by atoms with Gasteiger partial charge in [0.05, 0.1) is 28.9 Å². The van der Waals surface area contributed by atoms with Gasteiger partial charge >= 0.3 is 6.18 Å². The molecule has 32 heavy (non-hydrogen) atoms. The Balaban J connectivity index is 1.72. The molecule has 4 aromatic rings. The molecule has 4 rings (SSSR count). The predicted molar refractivity (Wildman–Crippen MR) is 118 cm³/mol. The van der Waals surface area contributed by atoms with Gasteiger partial charge in [-0.3, -0.25) is 4.79 Å². The van der Waals surface area contributed by atoms with Crippen LogP contribution in [0.25, 0.3) is 22.2 Å². The average Bonchev–Trinajstić information content (AvgIpc) is 2.78. The van der Waals surface area contributed by atoms with Crippen LogP contribution in [0.5, 0.6) is 5.75 Å². The number of para-hydroxylation sites is 1. The molecule has 1 aromatic heterocycles. The highest BCUT2D eigenvalue weighted by Gasteiger charge is 2.30. The summed E-state index contributed by atoms with van der Waals surface area (Å²) in [4.78, 5) is 17.7. The second-order valence-electron chi connectivity index (χ2n) is 7.06. The molecule has 0 spiro atoms. The van der Waals surface area contributed by atoms with Crippen molar-refractivity contribution >= 4 is 22.5 Å². The van der Waals surface area contributed by atoms with E-state index in [1.807, 2.05) is 37.3 Å². The van der Waals surface area contributed by atoms with E-state index in [1.165, 1.54) is 12.1 Å². The van der Waals surface area contributed by atoms with Crippen LogP contribution in [0.15, 0.2) is 78.9 Å². The van der Waals surface area contributed by atoms with Gasteiger partial charge in [0.2, 0.25) is 0 Å². The van der Waals surface area contributed by atoms with Crippen molar-refractivity contribution in [2.24, 2.45) is 0 Å². The van der Waals surface area contributed by atoms with E-state index in [4.69, 9.17) is 4.74 Å². The zero-order valence-electron chi connectivity index (χ0n) is 17.1. The van der Waals surface area contributed by atoms with Crippen LogP contribution in [0, 0.1) is 0 Å². The summed E-state index contributed by atoms with van der Waals surface area (Å²) in [5, 5.41) is 3.18. The van der Waals surface area contributed by atoms with Crippen molar-refractivity contribution in [2.45, 2.75) is 13.1 Å². The molecule has 1 N–H and O–H groups in total. The Hall–Kier alpha value is -3.87. The number of carbonyl (C=O) groups is 1. The van der Waals surface area contributed by atoms with Gasteiger partial charge in [-0.15, -0.1) is 0 Å². The monoisotopic (exact) mass is 436 g/mol. The van der Waals surface area contributed by atoms with E-state index in [-0.39, 0.29) is 5.69 Å². The second kappa shape index (κ2) is 8.70. The molecule has 1 amide bonds. The maximum atomic E-state index is 13.1. The van der Waals surface area contributed by atoms with Gasteiger partial charge in [-0.2, -0.15) is 13.2 Å². The van der Waals surface area contributed by atoms with Crippen LogP contribution in [0.1, 0.15) is 22.8 Å². The number of fused-ring (bicyclic) bond motifs is 1. The Kier molecular flexibility index (Phi) is 5.81. The summed E-state index contributed by atoms with van der Waals surface area (Å²) >= 11 is 0. The lowest BCUT2D eigenvalue weighted by Crippen LogP contribution is -2.14. The highest BCUT2D eigenvalue weighted by atomic mass is 19.4. The van der Waals surface area contributed by atoms with Gasteiger partial charge in [-0.05, 0) is 61.5 Å². The van der Waals surface area contributed by atoms with Crippen molar-refractivity contribution in [2.75, 3.05) is 11.9 Å². The molecule has 0 aliphatic rings. The number of aromatic nitrogens is 1. The number of nitrogens with one attached hydrogen (secondary N) is 1. The van der Waals surface area contributed by atoms with E-state index >= 15 is 0 Å². The van der Waals surface area contributed by atoms with E-state index in [9.17, 15) is 18.0 Å². The topological polar surface area (TPSA) is 51.2 Å². The van der Waals surface area contributed by atoms with E-state index in [0.29, 0.717) is 28.8 Å². The fraction of sp³-hybridized carbons (Fsp3) is 0.120. The lowest BCUT2D eigenvalue weighted by Gasteiger charge is -2.12. The smallest absolute Gasteiger partial charge is 0.416 e. The third kappa shape index (κ3) is 4.56. The van der Waals surface area contributed by atoms with Gasteiger partial charge in [0.25, 0.3) is 5.91 Å². The predicted octanol–water partition coefficient (Wildman–Crippen LogP) is 6.57. The number of hydrogen-bond donors (Lipinski definition) is 1. The van der Waals surface area contributed by atoms with Crippen molar-refractivity contribution in [3.63, 3.8) is 0 Å². The van der Waals surface area contributed by atoms with Crippen molar-refractivity contribution in [3.05, 3.63) is 90.0 Å². The number of pyridine rings is 1. The van der Waals surface area contributed by atoms with Gasteiger partial charge < -0.3 is 10.1 Å². The Labute approximate surface area is 182 Å². The molecule has 4 nitrogen and oxygen atoms in total. The molecule has 0 saturated carbocycles. The summed E-state index contributed by atoms with van der Waals surface area (Å²) in [5.41, 5.74) is 1.51. The van der Waals surface area contributed by atoms with Gasteiger partial charge in [-0.1, -0.05) is 24.3 Å². The maximum Gasteiger partial charge on any atom is 0.416 e. The number of rotatable bonds is 5. The van der Waals surface area contributed by atoms with Crippen molar-refractivity contribution in [3.8, 4) is 17.0 Å². The summed E-state index contributed by atoms with van der Waals surface area (Å²) in [7, 11) is 0. The lowest BCUT2D eigenvalue weighted by atomic mass is 10.0. The summed E-state index contributed by atoms with van der Waals surface area (Å²) in [5.74, 6) is 0.203. The molecular weight excluding hydrogens is 417 g/mol. The van der Waals surface area contributed by atoms with Gasteiger partial charge in [0, 0.05) is 16.6 Å². The molecule has 0 fully saturated rings. The van der Waals surface area contributed by atoms with Crippen molar-refractivity contribution < 1.29 is 22.7 Å². The summed E-state index contributed by atoms with van der Waals surface area (Å²) in [6, 6.07) is 20.6. The first kappa shape index (κ1) is 21.4. The molecule has 0 unspecified atom stereocenters. The van der Waals surface area contributed by atoms with Crippen LogP contribution < -0.4 is 10.1 Å². The number of anilines is 1. The number of halogens is 3. The number of alkyl halides is 3. The van der Waals surface area contributed by atoms with Gasteiger partial charge in [-0.25, -0.2) is 4.98 Å². The largest absolute Gasteiger partial charge is 0.494 e. The second-order valence-corrected chi connectivity index (χ2v) is 7.06. The molecule has 0 aliphatic carbocycles. The summed E-state index contributed by atoms with van der Waals surface area (Å²) < 4.78 is 44.5. The molecule has 3 aromatic carbocycles. The molecule has 1 heterocycles. The molecule has 7 heteroatoms. The van der Waals surface area contributed by atoms with E-state index in [1.54, 1.807) is 24.3 Å². The summed E-state index contributed by atoms with van der Waals surface area (Å²) in [6.45, 7) is 2.45. The fourth-order valence-electron chi connectivity index (χ4n) is 3.37. The van der Waals surface area contributed by atoms with E-state index in [0.717, 1.165) is 23.4 Å². The minimum Gasteiger partial charge on any atom is -0.494 e. The fourth-order valence-corrected chi connectivity index (χ4v) is 3.37. The Morgan fingerprint density at radius 3 is 2.44 bits per heavy atom. The Morgan fingerprint density at radius 1 is 0.969 bits per heavy atom. The number of nitrogens with zero attached hydrogens (tertiary/aromatic N) is 1. The quantitative estimate of drug-likeness (QED) is 0.385. The zero-order valence-corrected chi connectivity index (χ0v) is 17.1. The van der Waals surface area contributed by atoms with Crippen LogP contribution >= 0.6 is 0 Å².